The molecule has 0 aromatic carbocycles. The fourth-order valence-corrected chi connectivity index (χ4v) is 2.89. The second-order valence-corrected chi connectivity index (χ2v) is 6.67. The second kappa shape index (κ2) is 10.2. The summed E-state index contributed by atoms with van der Waals surface area (Å²) in [4.78, 5) is 22.6. The van der Waals surface area contributed by atoms with Crippen molar-refractivity contribution < 1.29 is 19.4 Å². The molecule has 1 N–H and O–H groups in total. The maximum absolute atomic E-state index is 11.6. The summed E-state index contributed by atoms with van der Waals surface area (Å²) in [6, 6.07) is 0. The minimum atomic E-state index is -0.358. The second-order valence-electron chi connectivity index (χ2n) is 6.67. The van der Waals surface area contributed by atoms with Crippen LogP contribution in [0.25, 0.3) is 0 Å². The quantitative estimate of drug-likeness (QED) is 0.374. The molecule has 0 aromatic rings. The lowest BCUT2D eigenvalue weighted by Crippen LogP contribution is -2.15. The average Bonchev–Trinajstić information content (AvgIpc) is 2.75. The number of rotatable bonds is 10. The fraction of sp³-hybridized carbons (Fsp3) is 0.600. The molecule has 1 rings (SSSR count). The Labute approximate surface area is 145 Å². The van der Waals surface area contributed by atoms with E-state index in [-0.39, 0.29) is 30.4 Å². The van der Waals surface area contributed by atoms with Crippen LogP contribution >= 0.6 is 0 Å². The van der Waals surface area contributed by atoms with Gasteiger partial charge >= 0.3 is 5.97 Å². The van der Waals surface area contributed by atoms with Crippen LogP contribution in [0.5, 0.6) is 0 Å². The molecule has 1 fully saturated rings. The molecule has 1 aliphatic rings. The highest BCUT2D eigenvalue weighted by Gasteiger charge is 2.36. The lowest BCUT2D eigenvalue weighted by Gasteiger charge is -2.14. The third-order valence-corrected chi connectivity index (χ3v) is 4.37. The van der Waals surface area contributed by atoms with Crippen LogP contribution in [0.15, 0.2) is 35.5 Å². The van der Waals surface area contributed by atoms with Gasteiger partial charge in [-0.1, -0.05) is 23.8 Å². The number of Topliss-reactive ketones (excluding diaryl/α,β-unsaturated/α-hetero) is 1. The maximum atomic E-state index is 11.6. The Morgan fingerprint density at radius 3 is 2.54 bits per heavy atom. The van der Waals surface area contributed by atoms with Crippen LogP contribution in [0.2, 0.25) is 0 Å². The van der Waals surface area contributed by atoms with E-state index >= 15 is 0 Å². The molecule has 1 saturated heterocycles. The molecule has 4 heteroatoms. The van der Waals surface area contributed by atoms with E-state index in [0.29, 0.717) is 18.4 Å². The number of ether oxygens (including phenoxy) is 1. The molecule has 1 aliphatic heterocycles. The molecule has 0 aromatic heterocycles. The predicted octanol–water partition coefficient (Wildman–Crippen LogP) is 3.90. The summed E-state index contributed by atoms with van der Waals surface area (Å²) >= 11 is 0. The van der Waals surface area contributed by atoms with Gasteiger partial charge in [-0.3, -0.25) is 0 Å². The molecule has 2 atom stereocenters. The van der Waals surface area contributed by atoms with Crippen molar-refractivity contribution in [2.75, 3.05) is 6.61 Å². The van der Waals surface area contributed by atoms with E-state index in [1.54, 1.807) is 6.92 Å². The number of aliphatic hydroxyl groups excluding tert-OH is 1. The number of carbonyl (C=O) groups is 2. The van der Waals surface area contributed by atoms with Gasteiger partial charge in [-0.05, 0) is 59.0 Å². The van der Waals surface area contributed by atoms with Gasteiger partial charge in [0.15, 0.2) is 0 Å². The van der Waals surface area contributed by atoms with Crippen LogP contribution in [0.3, 0.4) is 0 Å². The molecule has 0 saturated carbocycles. The summed E-state index contributed by atoms with van der Waals surface area (Å²) in [6.45, 7) is 9.55. The normalized spacial score (nSPS) is 22.0. The van der Waals surface area contributed by atoms with E-state index in [9.17, 15) is 9.59 Å². The highest BCUT2D eigenvalue weighted by atomic mass is 16.5. The highest BCUT2D eigenvalue weighted by molar-refractivity contribution is 5.91. The molecule has 134 valence electrons. The number of allylic oxidation sites excluding steroid dienone is 3. The standard InChI is InChI=1S/C20H30O4/c1-14(8-6-10-16(3)22)7-5-9-15(2)13-19-18(11-12-21)17(4)20(23)24-19/h7,13,18-19,21H,4-6,8-12H2,1-3H3. The Morgan fingerprint density at radius 1 is 1.21 bits per heavy atom. The monoisotopic (exact) mass is 334 g/mol. The van der Waals surface area contributed by atoms with Gasteiger partial charge in [-0.25, -0.2) is 4.79 Å². The number of ketones is 1. The van der Waals surface area contributed by atoms with Gasteiger partial charge in [0.2, 0.25) is 0 Å². The van der Waals surface area contributed by atoms with Crippen molar-refractivity contribution in [3.8, 4) is 0 Å². The molecule has 0 spiro atoms. The predicted molar refractivity (Wildman–Crippen MR) is 95.5 cm³/mol. The van der Waals surface area contributed by atoms with E-state index in [1.165, 1.54) is 11.1 Å². The summed E-state index contributed by atoms with van der Waals surface area (Å²) in [6.07, 6.45) is 8.73. The number of hydrogen-bond donors (Lipinski definition) is 1. The zero-order chi connectivity index (χ0) is 18.1. The Morgan fingerprint density at radius 2 is 1.92 bits per heavy atom. The number of carbonyl (C=O) groups excluding carboxylic acids is 2. The lowest BCUT2D eigenvalue weighted by atomic mass is 9.92. The third-order valence-electron chi connectivity index (χ3n) is 4.37. The van der Waals surface area contributed by atoms with Gasteiger partial charge < -0.3 is 14.6 Å². The Hall–Kier alpha value is -1.68. The fourth-order valence-electron chi connectivity index (χ4n) is 2.89. The Bertz CT molecular complexity index is 528. The average molecular weight is 334 g/mol. The van der Waals surface area contributed by atoms with Gasteiger partial charge in [0, 0.05) is 24.5 Å². The van der Waals surface area contributed by atoms with Crippen LogP contribution in [0, 0.1) is 5.92 Å². The van der Waals surface area contributed by atoms with Crippen molar-refractivity contribution >= 4 is 11.8 Å². The van der Waals surface area contributed by atoms with E-state index in [4.69, 9.17) is 9.84 Å². The molecule has 4 nitrogen and oxygen atoms in total. The van der Waals surface area contributed by atoms with Crippen LogP contribution < -0.4 is 0 Å². The van der Waals surface area contributed by atoms with Crippen LogP contribution in [0.4, 0.5) is 0 Å². The molecular weight excluding hydrogens is 304 g/mol. The number of aliphatic hydroxyl groups is 1. The Kier molecular flexibility index (Phi) is 8.69. The Balaban J connectivity index is 2.47. The van der Waals surface area contributed by atoms with Crippen molar-refractivity contribution in [2.45, 2.75) is 65.4 Å². The summed E-state index contributed by atoms with van der Waals surface area (Å²) in [5.41, 5.74) is 2.93. The van der Waals surface area contributed by atoms with Crippen LogP contribution in [-0.2, 0) is 14.3 Å². The first-order valence-corrected chi connectivity index (χ1v) is 8.68. The number of esters is 1. The van der Waals surface area contributed by atoms with Crippen molar-refractivity contribution in [1.82, 2.24) is 0 Å². The van der Waals surface area contributed by atoms with Crippen molar-refractivity contribution in [3.63, 3.8) is 0 Å². The summed E-state index contributed by atoms with van der Waals surface area (Å²) in [5, 5.41) is 9.13. The SMILES string of the molecule is C=C1C(=O)OC(C=C(C)CCC=C(C)CCCC(C)=O)C1CCO. The van der Waals surface area contributed by atoms with Gasteiger partial charge in [-0.2, -0.15) is 0 Å². The lowest BCUT2D eigenvalue weighted by molar-refractivity contribution is -0.137. The topological polar surface area (TPSA) is 63.6 Å². The summed E-state index contributed by atoms with van der Waals surface area (Å²) in [5.74, 6) is -0.239. The third kappa shape index (κ3) is 6.83. The molecule has 0 aliphatic carbocycles. The van der Waals surface area contributed by atoms with Gasteiger partial charge in [0.25, 0.3) is 0 Å². The molecule has 0 amide bonds. The molecule has 0 bridgehead atoms. The molecule has 24 heavy (non-hydrogen) atoms. The highest BCUT2D eigenvalue weighted by Crippen LogP contribution is 2.31. The van der Waals surface area contributed by atoms with E-state index in [1.807, 2.05) is 13.0 Å². The van der Waals surface area contributed by atoms with Gasteiger partial charge in [0.05, 0.1) is 0 Å². The zero-order valence-electron chi connectivity index (χ0n) is 15.1. The number of cyclic esters (lactones) is 1. The van der Waals surface area contributed by atoms with Crippen molar-refractivity contribution in [3.05, 3.63) is 35.5 Å². The van der Waals surface area contributed by atoms with Gasteiger partial charge in [0.1, 0.15) is 11.9 Å². The molecular formula is C20H30O4. The van der Waals surface area contributed by atoms with E-state index < -0.39 is 0 Å². The van der Waals surface area contributed by atoms with Crippen molar-refractivity contribution in [2.24, 2.45) is 5.92 Å². The molecule has 1 heterocycles. The minimum Gasteiger partial charge on any atom is -0.454 e. The maximum Gasteiger partial charge on any atom is 0.334 e. The van der Waals surface area contributed by atoms with Crippen LogP contribution in [-0.4, -0.2) is 29.6 Å². The minimum absolute atomic E-state index is 0.0198. The first kappa shape index (κ1) is 20.4. The van der Waals surface area contributed by atoms with Gasteiger partial charge in [-0.15, -0.1) is 0 Å². The summed E-state index contributed by atoms with van der Waals surface area (Å²) < 4.78 is 5.34. The summed E-state index contributed by atoms with van der Waals surface area (Å²) in [7, 11) is 0. The zero-order valence-corrected chi connectivity index (χ0v) is 15.1. The first-order chi connectivity index (χ1) is 11.3. The van der Waals surface area contributed by atoms with Crippen molar-refractivity contribution in [1.29, 1.82) is 0 Å². The number of hydrogen-bond acceptors (Lipinski definition) is 4. The molecule has 0 radical (unpaired) electrons. The van der Waals surface area contributed by atoms with E-state index in [2.05, 4.69) is 19.6 Å². The molecule has 2 unspecified atom stereocenters. The smallest absolute Gasteiger partial charge is 0.334 e. The van der Waals surface area contributed by atoms with E-state index in [0.717, 1.165) is 25.7 Å². The largest absolute Gasteiger partial charge is 0.454 e. The van der Waals surface area contributed by atoms with Crippen LogP contribution in [0.1, 0.15) is 59.3 Å². The first-order valence-electron chi connectivity index (χ1n) is 8.68.